The van der Waals surface area contributed by atoms with Gasteiger partial charge in [-0.2, -0.15) is 4.39 Å². The lowest BCUT2D eigenvalue weighted by molar-refractivity contribution is -0.387. The fourth-order valence-electron chi connectivity index (χ4n) is 1.17. The van der Waals surface area contributed by atoms with E-state index in [1.54, 1.807) is 0 Å². The summed E-state index contributed by atoms with van der Waals surface area (Å²) in [6, 6.07) is 2.07. The number of ether oxygens (including phenoxy) is 1. The molecule has 1 rings (SSSR count). The fourth-order valence-corrected chi connectivity index (χ4v) is 1.17. The molecule has 86 valence electrons. The zero-order chi connectivity index (χ0) is 12.3. The van der Waals surface area contributed by atoms with Crippen LogP contribution in [0.5, 0.6) is 0 Å². The Morgan fingerprint density at radius 3 is 2.75 bits per heavy atom. The van der Waals surface area contributed by atoms with E-state index < -0.39 is 28.4 Å². The third kappa shape index (κ3) is 2.14. The van der Waals surface area contributed by atoms with Gasteiger partial charge in [-0.3, -0.25) is 14.9 Å². The molecule has 0 aliphatic rings. The number of nitrogens with zero attached hydrogens (tertiary/aromatic N) is 1. The number of rotatable bonds is 3. The first-order chi connectivity index (χ1) is 7.49. The maximum absolute atomic E-state index is 13.5. The summed E-state index contributed by atoms with van der Waals surface area (Å²) in [5.41, 5.74) is 4.39. The van der Waals surface area contributed by atoms with Crippen molar-refractivity contribution in [2.45, 2.75) is 6.04 Å². The van der Waals surface area contributed by atoms with Gasteiger partial charge < -0.3 is 10.5 Å². The van der Waals surface area contributed by atoms with Crippen molar-refractivity contribution in [2.75, 3.05) is 7.11 Å². The lowest BCUT2D eigenvalue weighted by atomic mass is 10.1. The van der Waals surface area contributed by atoms with Gasteiger partial charge in [-0.05, 0) is 0 Å². The summed E-state index contributed by atoms with van der Waals surface area (Å²) in [7, 11) is 1.09. The highest BCUT2D eigenvalue weighted by Gasteiger charge is 2.25. The zero-order valence-corrected chi connectivity index (χ0v) is 8.34. The molecule has 0 aliphatic heterocycles. The van der Waals surface area contributed by atoms with E-state index in [4.69, 9.17) is 5.73 Å². The van der Waals surface area contributed by atoms with E-state index in [1.165, 1.54) is 12.1 Å². The van der Waals surface area contributed by atoms with Crippen LogP contribution in [0.15, 0.2) is 18.2 Å². The molecule has 0 amide bonds. The summed E-state index contributed by atoms with van der Waals surface area (Å²) in [5, 5.41) is 10.4. The SMILES string of the molecule is COC(=O)C(N)c1cccc([N+](=O)[O-])c1F. The van der Waals surface area contributed by atoms with Crippen molar-refractivity contribution in [2.24, 2.45) is 5.73 Å². The topological polar surface area (TPSA) is 95.5 Å². The largest absolute Gasteiger partial charge is 0.468 e. The minimum absolute atomic E-state index is 0.263. The third-order valence-electron chi connectivity index (χ3n) is 2.00. The molecule has 0 saturated carbocycles. The van der Waals surface area contributed by atoms with Gasteiger partial charge in [0.25, 0.3) is 0 Å². The molecule has 1 aromatic rings. The van der Waals surface area contributed by atoms with Gasteiger partial charge in [0, 0.05) is 11.6 Å². The second kappa shape index (κ2) is 4.67. The first kappa shape index (κ1) is 12.1. The molecule has 0 heterocycles. The van der Waals surface area contributed by atoms with Crippen molar-refractivity contribution < 1.29 is 18.8 Å². The predicted octanol–water partition coefficient (Wildman–Crippen LogP) is 0.907. The average Bonchev–Trinajstić information content (AvgIpc) is 2.27. The number of hydrogen-bond acceptors (Lipinski definition) is 5. The number of nitro benzene ring substituents is 1. The summed E-state index contributed by atoms with van der Waals surface area (Å²) < 4.78 is 17.9. The number of carbonyl (C=O) groups excluding carboxylic acids is 1. The van der Waals surface area contributed by atoms with Crippen molar-refractivity contribution >= 4 is 11.7 Å². The highest BCUT2D eigenvalue weighted by Crippen LogP contribution is 2.24. The maximum atomic E-state index is 13.5. The minimum atomic E-state index is -1.37. The van der Waals surface area contributed by atoms with E-state index in [1.807, 2.05) is 0 Å². The lowest BCUT2D eigenvalue weighted by Gasteiger charge is -2.09. The highest BCUT2D eigenvalue weighted by molar-refractivity contribution is 5.77. The number of methoxy groups -OCH3 is 1. The van der Waals surface area contributed by atoms with Crippen LogP contribution in [-0.4, -0.2) is 18.0 Å². The van der Waals surface area contributed by atoms with Crippen LogP contribution in [-0.2, 0) is 9.53 Å². The number of esters is 1. The van der Waals surface area contributed by atoms with E-state index in [-0.39, 0.29) is 5.56 Å². The first-order valence-corrected chi connectivity index (χ1v) is 4.25. The molecule has 1 aromatic carbocycles. The summed E-state index contributed by atoms with van der Waals surface area (Å²) in [4.78, 5) is 20.6. The Bertz CT molecular complexity index is 436. The molecule has 6 nitrogen and oxygen atoms in total. The maximum Gasteiger partial charge on any atom is 0.327 e. The first-order valence-electron chi connectivity index (χ1n) is 4.25. The Morgan fingerprint density at radius 1 is 1.62 bits per heavy atom. The summed E-state index contributed by atoms with van der Waals surface area (Å²) in [6.07, 6.45) is 0. The van der Waals surface area contributed by atoms with Gasteiger partial charge in [-0.25, -0.2) is 0 Å². The van der Waals surface area contributed by atoms with Gasteiger partial charge >= 0.3 is 11.7 Å². The lowest BCUT2D eigenvalue weighted by Crippen LogP contribution is -2.23. The molecule has 0 saturated heterocycles. The Morgan fingerprint density at radius 2 is 2.25 bits per heavy atom. The van der Waals surface area contributed by atoms with Gasteiger partial charge in [0.2, 0.25) is 5.82 Å². The molecule has 0 aliphatic carbocycles. The molecule has 16 heavy (non-hydrogen) atoms. The number of halogens is 1. The number of hydrogen-bond donors (Lipinski definition) is 1. The third-order valence-corrected chi connectivity index (χ3v) is 2.00. The molecule has 0 radical (unpaired) electrons. The second-order valence-electron chi connectivity index (χ2n) is 2.94. The molecule has 0 bridgehead atoms. The van der Waals surface area contributed by atoms with Crippen LogP contribution in [0.1, 0.15) is 11.6 Å². The fraction of sp³-hybridized carbons (Fsp3) is 0.222. The van der Waals surface area contributed by atoms with Crippen LogP contribution < -0.4 is 5.73 Å². The monoisotopic (exact) mass is 228 g/mol. The van der Waals surface area contributed by atoms with E-state index in [0.717, 1.165) is 13.2 Å². The smallest absolute Gasteiger partial charge is 0.327 e. The molecule has 7 heteroatoms. The summed E-state index contributed by atoms with van der Waals surface area (Å²) in [5.74, 6) is -1.98. The van der Waals surface area contributed by atoms with Gasteiger partial charge in [-0.15, -0.1) is 0 Å². The quantitative estimate of drug-likeness (QED) is 0.471. The molecule has 0 spiro atoms. The Balaban J connectivity index is 3.20. The normalized spacial score (nSPS) is 11.9. The molecule has 2 N–H and O–H groups in total. The van der Waals surface area contributed by atoms with Crippen LogP contribution in [0, 0.1) is 15.9 Å². The highest BCUT2D eigenvalue weighted by atomic mass is 19.1. The molecule has 0 fully saturated rings. The van der Waals surface area contributed by atoms with E-state index in [9.17, 15) is 19.3 Å². The van der Waals surface area contributed by atoms with Crippen LogP contribution in [0.4, 0.5) is 10.1 Å². The van der Waals surface area contributed by atoms with Gasteiger partial charge in [0.15, 0.2) is 0 Å². The summed E-state index contributed by atoms with van der Waals surface area (Å²) in [6.45, 7) is 0. The zero-order valence-electron chi connectivity index (χ0n) is 8.34. The van der Waals surface area contributed by atoms with Gasteiger partial charge in [-0.1, -0.05) is 12.1 Å². The molecule has 1 unspecified atom stereocenters. The van der Waals surface area contributed by atoms with Crippen molar-refractivity contribution in [3.63, 3.8) is 0 Å². The standard InChI is InChI=1S/C9H9FN2O4/c1-16-9(13)8(11)5-3-2-4-6(7(5)10)12(14)15/h2-4,8H,11H2,1H3. The molecular weight excluding hydrogens is 219 g/mol. The minimum Gasteiger partial charge on any atom is -0.468 e. The predicted molar refractivity (Wildman–Crippen MR) is 52.0 cm³/mol. The van der Waals surface area contributed by atoms with Crippen LogP contribution >= 0.6 is 0 Å². The number of nitro groups is 1. The van der Waals surface area contributed by atoms with Crippen molar-refractivity contribution in [1.82, 2.24) is 0 Å². The average molecular weight is 228 g/mol. The second-order valence-corrected chi connectivity index (χ2v) is 2.94. The molecule has 0 aromatic heterocycles. The Kier molecular flexibility index (Phi) is 3.51. The Hall–Kier alpha value is -2.02. The number of nitrogens with two attached hydrogens (primary N) is 1. The van der Waals surface area contributed by atoms with E-state index in [2.05, 4.69) is 4.74 Å². The van der Waals surface area contributed by atoms with Crippen molar-refractivity contribution in [3.05, 3.63) is 39.7 Å². The Labute approximate surface area is 90.0 Å². The van der Waals surface area contributed by atoms with Crippen molar-refractivity contribution in [1.29, 1.82) is 0 Å². The van der Waals surface area contributed by atoms with Crippen LogP contribution in [0.3, 0.4) is 0 Å². The van der Waals surface area contributed by atoms with Crippen LogP contribution in [0.2, 0.25) is 0 Å². The molecular formula is C9H9FN2O4. The van der Waals surface area contributed by atoms with E-state index >= 15 is 0 Å². The number of carbonyl (C=O) groups is 1. The van der Waals surface area contributed by atoms with Crippen molar-refractivity contribution in [3.8, 4) is 0 Å². The van der Waals surface area contributed by atoms with Gasteiger partial charge in [0.1, 0.15) is 6.04 Å². The van der Waals surface area contributed by atoms with Crippen LogP contribution in [0.25, 0.3) is 0 Å². The number of benzene rings is 1. The molecule has 1 atom stereocenters. The summed E-state index contributed by atoms with van der Waals surface area (Å²) >= 11 is 0. The van der Waals surface area contributed by atoms with E-state index in [0.29, 0.717) is 0 Å². The van der Waals surface area contributed by atoms with Gasteiger partial charge in [0.05, 0.1) is 12.0 Å².